The van der Waals surface area contributed by atoms with Crippen LogP contribution >= 0.6 is 0 Å². The molecular weight excluding hydrogens is 324 g/mol. The molecule has 5 nitrogen and oxygen atoms in total. The molecule has 0 unspecified atom stereocenters. The molecule has 0 aliphatic rings. The van der Waals surface area contributed by atoms with Crippen LogP contribution in [0.15, 0.2) is 54.7 Å². The lowest BCUT2D eigenvalue weighted by Gasteiger charge is -2.08. The van der Waals surface area contributed by atoms with E-state index in [0.29, 0.717) is 12.1 Å². The Bertz CT molecular complexity index is 1140. The average molecular weight is 342 g/mol. The number of aryl methyl sites for hydroxylation is 2. The van der Waals surface area contributed by atoms with Crippen molar-refractivity contribution >= 4 is 27.8 Å². The van der Waals surface area contributed by atoms with Crippen molar-refractivity contribution < 1.29 is 4.79 Å². The molecule has 0 fully saturated rings. The molecule has 2 aromatic carbocycles. The summed E-state index contributed by atoms with van der Waals surface area (Å²) in [6, 6.07) is 15.4. The van der Waals surface area contributed by atoms with Gasteiger partial charge in [0.25, 0.3) is 5.91 Å². The molecule has 128 valence electrons. The zero-order chi connectivity index (χ0) is 18.1. The van der Waals surface area contributed by atoms with E-state index in [4.69, 9.17) is 0 Å². The molecule has 0 aliphatic carbocycles. The Morgan fingerprint density at radius 2 is 1.69 bits per heavy atom. The van der Waals surface area contributed by atoms with Crippen molar-refractivity contribution in [1.29, 1.82) is 0 Å². The maximum Gasteiger partial charge on any atom is 0.251 e. The Labute approximate surface area is 151 Å². The maximum atomic E-state index is 12.5. The molecule has 4 rings (SSSR count). The maximum absolute atomic E-state index is 12.5. The predicted molar refractivity (Wildman–Crippen MR) is 102 cm³/mol. The number of hydrogen-bond donors (Lipinski definition) is 1. The van der Waals surface area contributed by atoms with E-state index >= 15 is 0 Å². The lowest BCUT2D eigenvalue weighted by atomic mass is 10.1. The molecule has 0 aliphatic heterocycles. The lowest BCUT2D eigenvalue weighted by Crippen LogP contribution is -2.22. The number of amides is 1. The largest absolute Gasteiger partial charge is 0.348 e. The highest BCUT2D eigenvalue weighted by Crippen LogP contribution is 2.15. The summed E-state index contributed by atoms with van der Waals surface area (Å²) in [5.74, 6) is -0.139. The number of pyridine rings is 1. The van der Waals surface area contributed by atoms with Gasteiger partial charge >= 0.3 is 0 Å². The summed E-state index contributed by atoms with van der Waals surface area (Å²) in [6.45, 7) is 4.27. The van der Waals surface area contributed by atoms with Gasteiger partial charge < -0.3 is 5.32 Å². The van der Waals surface area contributed by atoms with Crippen molar-refractivity contribution in [1.82, 2.24) is 20.3 Å². The molecule has 5 heteroatoms. The van der Waals surface area contributed by atoms with E-state index in [2.05, 4.69) is 20.3 Å². The summed E-state index contributed by atoms with van der Waals surface area (Å²) < 4.78 is 0. The summed E-state index contributed by atoms with van der Waals surface area (Å²) in [4.78, 5) is 25.9. The number of nitrogens with one attached hydrogen (secondary N) is 1. The Morgan fingerprint density at radius 1 is 0.923 bits per heavy atom. The number of nitrogens with zero attached hydrogens (tertiary/aromatic N) is 3. The van der Waals surface area contributed by atoms with Gasteiger partial charge in [-0.05, 0) is 49.7 Å². The molecule has 2 aromatic heterocycles. The van der Waals surface area contributed by atoms with Crippen LogP contribution in [0, 0.1) is 13.8 Å². The van der Waals surface area contributed by atoms with Gasteiger partial charge in [0.1, 0.15) is 0 Å². The van der Waals surface area contributed by atoms with Crippen molar-refractivity contribution in [3.63, 3.8) is 0 Å². The summed E-state index contributed by atoms with van der Waals surface area (Å²) in [5, 5.41) is 4.00. The number of para-hydroxylation sites is 1. The molecule has 1 amide bonds. The minimum atomic E-state index is -0.139. The second-order valence-corrected chi connectivity index (χ2v) is 6.32. The van der Waals surface area contributed by atoms with Crippen molar-refractivity contribution in [2.45, 2.75) is 20.4 Å². The van der Waals surface area contributed by atoms with E-state index < -0.39 is 0 Å². The molecule has 0 radical (unpaired) electrons. The fraction of sp³-hybridized carbons (Fsp3) is 0.143. The predicted octanol–water partition coefficient (Wildman–Crippen LogP) is 3.72. The first-order valence-corrected chi connectivity index (χ1v) is 8.47. The number of carbonyl (C=O) groups is 1. The first-order chi connectivity index (χ1) is 12.6. The normalized spacial score (nSPS) is 11.0. The monoisotopic (exact) mass is 342 g/mol. The Kier molecular flexibility index (Phi) is 4.05. The molecule has 2 heterocycles. The van der Waals surface area contributed by atoms with Gasteiger partial charge in [0.2, 0.25) is 0 Å². The van der Waals surface area contributed by atoms with Crippen LogP contribution in [-0.4, -0.2) is 20.9 Å². The molecule has 4 aromatic rings. The summed E-state index contributed by atoms with van der Waals surface area (Å²) in [7, 11) is 0. The number of fused-ring (bicyclic) bond motifs is 2. The number of benzene rings is 2. The SMILES string of the molecule is Cc1nc2ccc(C(=O)NCc3cnc4ccccc4c3)cc2nc1C. The minimum absolute atomic E-state index is 0.139. The van der Waals surface area contributed by atoms with Crippen molar-refractivity contribution in [3.8, 4) is 0 Å². The zero-order valence-electron chi connectivity index (χ0n) is 14.7. The topological polar surface area (TPSA) is 67.8 Å². The van der Waals surface area contributed by atoms with E-state index in [9.17, 15) is 4.79 Å². The third kappa shape index (κ3) is 3.11. The zero-order valence-corrected chi connectivity index (χ0v) is 14.7. The van der Waals surface area contributed by atoms with Gasteiger partial charge in [-0.2, -0.15) is 0 Å². The van der Waals surface area contributed by atoms with Crippen molar-refractivity contribution in [2.75, 3.05) is 0 Å². The van der Waals surface area contributed by atoms with Crippen LogP contribution in [0.3, 0.4) is 0 Å². The number of hydrogen-bond acceptors (Lipinski definition) is 4. The van der Waals surface area contributed by atoms with E-state index in [-0.39, 0.29) is 5.91 Å². The van der Waals surface area contributed by atoms with Crippen LogP contribution in [0.1, 0.15) is 27.3 Å². The van der Waals surface area contributed by atoms with Gasteiger partial charge in [0, 0.05) is 23.7 Å². The molecule has 0 saturated carbocycles. The van der Waals surface area contributed by atoms with Crippen molar-refractivity contribution in [3.05, 3.63) is 77.2 Å². The third-order valence-electron chi connectivity index (χ3n) is 4.44. The molecule has 1 N–H and O–H groups in total. The first kappa shape index (κ1) is 16.1. The number of carbonyl (C=O) groups excluding carboxylic acids is 1. The van der Waals surface area contributed by atoms with Crippen LogP contribution in [0.5, 0.6) is 0 Å². The smallest absolute Gasteiger partial charge is 0.251 e. The van der Waals surface area contributed by atoms with Crippen LogP contribution in [-0.2, 0) is 6.54 Å². The Balaban J connectivity index is 1.53. The van der Waals surface area contributed by atoms with Crippen LogP contribution in [0.2, 0.25) is 0 Å². The number of aromatic nitrogens is 3. The van der Waals surface area contributed by atoms with E-state index in [1.165, 1.54) is 0 Å². The molecule has 26 heavy (non-hydrogen) atoms. The molecule has 0 bridgehead atoms. The van der Waals surface area contributed by atoms with Gasteiger partial charge in [-0.3, -0.25) is 9.78 Å². The van der Waals surface area contributed by atoms with Crippen LogP contribution in [0.4, 0.5) is 0 Å². The van der Waals surface area contributed by atoms with E-state index in [0.717, 1.165) is 38.9 Å². The molecular formula is C21H18N4O. The molecule has 0 spiro atoms. The summed E-state index contributed by atoms with van der Waals surface area (Å²) in [5.41, 5.74) is 5.78. The first-order valence-electron chi connectivity index (χ1n) is 8.47. The second-order valence-electron chi connectivity index (χ2n) is 6.32. The summed E-state index contributed by atoms with van der Waals surface area (Å²) in [6.07, 6.45) is 1.79. The fourth-order valence-corrected chi connectivity index (χ4v) is 2.87. The summed E-state index contributed by atoms with van der Waals surface area (Å²) >= 11 is 0. The van der Waals surface area contributed by atoms with Gasteiger partial charge in [0.15, 0.2) is 0 Å². The van der Waals surface area contributed by atoms with Crippen LogP contribution in [0.25, 0.3) is 21.9 Å². The van der Waals surface area contributed by atoms with Crippen molar-refractivity contribution in [2.24, 2.45) is 0 Å². The van der Waals surface area contributed by atoms with Gasteiger partial charge in [-0.1, -0.05) is 18.2 Å². The third-order valence-corrected chi connectivity index (χ3v) is 4.44. The average Bonchev–Trinajstić information content (AvgIpc) is 2.66. The highest BCUT2D eigenvalue weighted by Gasteiger charge is 2.09. The van der Waals surface area contributed by atoms with E-state index in [1.54, 1.807) is 18.3 Å². The number of rotatable bonds is 3. The minimum Gasteiger partial charge on any atom is -0.348 e. The lowest BCUT2D eigenvalue weighted by molar-refractivity contribution is 0.0951. The van der Waals surface area contributed by atoms with Gasteiger partial charge in [0.05, 0.1) is 27.9 Å². The highest BCUT2D eigenvalue weighted by molar-refractivity contribution is 5.97. The standard InChI is InChI=1S/C21H18N4O/c1-13-14(2)25-20-10-17(7-8-19(20)24-13)21(26)23-12-15-9-16-5-3-4-6-18(16)22-11-15/h3-11H,12H2,1-2H3,(H,23,26). The molecule has 0 atom stereocenters. The van der Waals surface area contributed by atoms with E-state index in [1.807, 2.05) is 50.2 Å². The van der Waals surface area contributed by atoms with Gasteiger partial charge in [-0.25, -0.2) is 9.97 Å². The van der Waals surface area contributed by atoms with Gasteiger partial charge in [-0.15, -0.1) is 0 Å². The second kappa shape index (κ2) is 6.52. The van der Waals surface area contributed by atoms with Crippen LogP contribution < -0.4 is 5.32 Å². The highest BCUT2D eigenvalue weighted by atomic mass is 16.1. The molecule has 0 saturated heterocycles. The fourth-order valence-electron chi connectivity index (χ4n) is 2.87. The Morgan fingerprint density at radius 3 is 2.54 bits per heavy atom. The Hall–Kier alpha value is -3.34. The quantitative estimate of drug-likeness (QED) is 0.616.